The van der Waals surface area contributed by atoms with E-state index in [0.29, 0.717) is 18.7 Å². The highest BCUT2D eigenvalue weighted by Gasteiger charge is 2.16. The fourth-order valence-corrected chi connectivity index (χ4v) is 3.42. The normalized spacial score (nSPS) is 15.7. The first kappa shape index (κ1) is 19.2. The second kappa shape index (κ2) is 9.97. The van der Waals surface area contributed by atoms with E-state index in [1.807, 2.05) is 31.2 Å². The molecular formula is C22H29N3O2. The molecule has 0 unspecified atom stereocenters. The third-order valence-corrected chi connectivity index (χ3v) is 5.02. The molecule has 2 aromatic carbocycles. The fourth-order valence-electron chi connectivity index (χ4n) is 3.42. The summed E-state index contributed by atoms with van der Waals surface area (Å²) in [6.45, 7) is 8.12. The van der Waals surface area contributed by atoms with Gasteiger partial charge in [0, 0.05) is 38.4 Å². The zero-order chi connectivity index (χ0) is 18.9. The van der Waals surface area contributed by atoms with Crippen molar-refractivity contribution in [2.75, 3.05) is 44.2 Å². The highest BCUT2D eigenvalue weighted by atomic mass is 16.5. The Labute approximate surface area is 161 Å². The van der Waals surface area contributed by atoms with Crippen LogP contribution in [-0.4, -0.2) is 55.1 Å². The number of para-hydroxylation sites is 1. The van der Waals surface area contributed by atoms with Crippen LogP contribution in [-0.2, 0) is 0 Å². The van der Waals surface area contributed by atoms with Gasteiger partial charge in [-0.1, -0.05) is 30.3 Å². The number of benzene rings is 2. The predicted molar refractivity (Wildman–Crippen MR) is 110 cm³/mol. The zero-order valence-electron chi connectivity index (χ0n) is 16.1. The third-order valence-electron chi connectivity index (χ3n) is 5.02. The summed E-state index contributed by atoms with van der Waals surface area (Å²) in [4.78, 5) is 4.96. The number of piperazine rings is 1. The minimum atomic E-state index is 0.691. The molecule has 0 atom stereocenters. The molecule has 27 heavy (non-hydrogen) atoms. The van der Waals surface area contributed by atoms with E-state index in [-0.39, 0.29) is 0 Å². The van der Waals surface area contributed by atoms with E-state index < -0.39 is 0 Å². The van der Waals surface area contributed by atoms with Crippen molar-refractivity contribution in [1.82, 2.24) is 4.90 Å². The first-order valence-electron chi connectivity index (χ1n) is 9.76. The lowest BCUT2D eigenvalue weighted by Gasteiger charge is -2.36. The lowest BCUT2D eigenvalue weighted by molar-refractivity contribution is 0.225. The molecule has 5 nitrogen and oxygen atoms in total. The van der Waals surface area contributed by atoms with Crippen LogP contribution in [0.1, 0.15) is 25.3 Å². The van der Waals surface area contributed by atoms with Crippen molar-refractivity contribution < 1.29 is 9.94 Å². The summed E-state index contributed by atoms with van der Waals surface area (Å²) in [5.74, 6) is 0.862. The standard InChI is InChI=1S/C22H29N3O2/c1-2-22(23-26)19-9-11-21(12-10-19)27-18-6-13-24-14-16-25(17-15-24)20-7-4-3-5-8-20/h3-5,7-12,26H,2,6,13-18H2,1H3/b23-22+. The molecule has 0 amide bonds. The molecule has 1 fully saturated rings. The van der Waals surface area contributed by atoms with E-state index in [0.717, 1.165) is 50.5 Å². The van der Waals surface area contributed by atoms with Crippen molar-refractivity contribution in [3.63, 3.8) is 0 Å². The Morgan fingerprint density at radius 3 is 2.33 bits per heavy atom. The zero-order valence-corrected chi connectivity index (χ0v) is 16.1. The molecule has 3 rings (SSSR count). The van der Waals surface area contributed by atoms with Gasteiger partial charge in [-0.3, -0.25) is 4.90 Å². The van der Waals surface area contributed by atoms with E-state index in [4.69, 9.17) is 9.94 Å². The number of oxime groups is 1. The van der Waals surface area contributed by atoms with Gasteiger partial charge >= 0.3 is 0 Å². The summed E-state index contributed by atoms with van der Waals surface area (Å²) >= 11 is 0. The summed E-state index contributed by atoms with van der Waals surface area (Å²) in [5, 5.41) is 12.3. The molecule has 0 saturated carbocycles. The maximum atomic E-state index is 8.98. The second-order valence-corrected chi connectivity index (χ2v) is 6.79. The minimum absolute atomic E-state index is 0.691. The molecule has 144 valence electrons. The van der Waals surface area contributed by atoms with Crippen LogP contribution < -0.4 is 9.64 Å². The molecule has 1 N–H and O–H groups in total. The highest BCUT2D eigenvalue weighted by molar-refractivity contribution is 6.00. The van der Waals surface area contributed by atoms with Gasteiger partial charge in [0.15, 0.2) is 0 Å². The molecule has 0 bridgehead atoms. The maximum Gasteiger partial charge on any atom is 0.119 e. The smallest absolute Gasteiger partial charge is 0.119 e. The first-order valence-corrected chi connectivity index (χ1v) is 9.76. The number of hydrogen-bond donors (Lipinski definition) is 1. The van der Waals surface area contributed by atoms with Crippen LogP contribution in [0, 0.1) is 0 Å². The molecule has 1 aliphatic rings. The molecule has 1 saturated heterocycles. The number of anilines is 1. The van der Waals surface area contributed by atoms with E-state index in [1.165, 1.54) is 5.69 Å². The van der Waals surface area contributed by atoms with Crippen LogP contribution in [0.5, 0.6) is 5.75 Å². The van der Waals surface area contributed by atoms with Crippen LogP contribution in [0.3, 0.4) is 0 Å². The largest absolute Gasteiger partial charge is 0.494 e. The Hall–Kier alpha value is -2.53. The minimum Gasteiger partial charge on any atom is -0.494 e. The van der Waals surface area contributed by atoms with Gasteiger partial charge in [-0.05, 0) is 54.8 Å². The molecule has 0 aromatic heterocycles. The predicted octanol–water partition coefficient (Wildman–Crippen LogP) is 3.87. The monoisotopic (exact) mass is 367 g/mol. The van der Waals surface area contributed by atoms with Crippen LogP contribution in [0.15, 0.2) is 59.8 Å². The van der Waals surface area contributed by atoms with E-state index >= 15 is 0 Å². The summed E-state index contributed by atoms with van der Waals surface area (Å²) < 4.78 is 5.85. The Kier molecular flexibility index (Phi) is 7.11. The molecule has 2 aromatic rings. The average molecular weight is 367 g/mol. The molecule has 1 heterocycles. The summed E-state index contributed by atoms with van der Waals surface area (Å²) in [6, 6.07) is 18.4. The van der Waals surface area contributed by atoms with Crippen LogP contribution in [0.2, 0.25) is 0 Å². The molecule has 1 aliphatic heterocycles. The number of hydrogen-bond acceptors (Lipinski definition) is 5. The number of rotatable bonds is 8. The fraction of sp³-hybridized carbons (Fsp3) is 0.409. The molecule has 5 heteroatoms. The molecule has 0 spiro atoms. The highest BCUT2D eigenvalue weighted by Crippen LogP contribution is 2.16. The van der Waals surface area contributed by atoms with Crippen molar-refractivity contribution >= 4 is 11.4 Å². The molecular weight excluding hydrogens is 338 g/mol. The molecule has 0 aliphatic carbocycles. The topological polar surface area (TPSA) is 48.3 Å². The third kappa shape index (κ3) is 5.47. The van der Waals surface area contributed by atoms with Crippen LogP contribution in [0.4, 0.5) is 5.69 Å². The van der Waals surface area contributed by atoms with Crippen molar-refractivity contribution in [1.29, 1.82) is 0 Å². The van der Waals surface area contributed by atoms with Crippen molar-refractivity contribution in [2.45, 2.75) is 19.8 Å². The van der Waals surface area contributed by atoms with Crippen molar-refractivity contribution in [3.8, 4) is 5.75 Å². The van der Waals surface area contributed by atoms with E-state index in [2.05, 4.69) is 45.3 Å². The van der Waals surface area contributed by atoms with Crippen molar-refractivity contribution in [3.05, 3.63) is 60.2 Å². The Morgan fingerprint density at radius 2 is 1.70 bits per heavy atom. The average Bonchev–Trinajstić information content (AvgIpc) is 2.74. The first-order chi connectivity index (χ1) is 13.3. The van der Waals surface area contributed by atoms with E-state index in [9.17, 15) is 0 Å². The SMILES string of the molecule is CC/C(=N\O)c1ccc(OCCCN2CCN(c3ccccc3)CC2)cc1. The van der Waals surface area contributed by atoms with Gasteiger partial charge in [0.2, 0.25) is 0 Å². The van der Waals surface area contributed by atoms with Gasteiger partial charge in [-0.25, -0.2) is 0 Å². The summed E-state index contributed by atoms with van der Waals surface area (Å²) in [7, 11) is 0. The van der Waals surface area contributed by atoms with Crippen molar-refractivity contribution in [2.24, 2.45) is 5.16 Å². The van der Waals surface area contributed by atoms with Gasteiger partial charge < -0.3 is 14.8 Å². The maximum absolute atomic E-state index is 8.98. The Balaban J connectivity index is 1.35. The van der Waals surface area contributed by atoms with Crippen LogP contribution >= 0.6 is 0 Å². The number of nitrogens with zero attached hydrogens (tertiary/aromatic N) is 3. The van der Waals surface area contributed by atoms with Gasteiger partial charge in [-0.2, -0.15) is 0 Å². The van der Waals surface area contributed by atoms with Crippen LogP contribution in [0.25, 0.3) is 0 Å². The number of ether oxygens (including phenoxy) is 1. The van der Waals surface area contributed by atoms with Gasteiger partial charge in [0.05, 0.1) is 12.3 Å². The lowest BCUT2D eigenvalue weighted by Crippen LogP contribution is -2.46. The van der Waals surface area contributed by atoms with Gasteiger partial charge in [0.25, 0.3) is 0 Å². The quantitative estimate of drug-likeness (QED) is 0.333. The Bertz CT molecular complexity index is 708. The van der Waals surface area contributed by atoms with E-state index in [1.54, 1.807) is 0 Å². The summed E-state index contributed by atoms with van der Waals surface area (Å²) in [6.07, 6.45) is 1.72. The lowest BCUT2D eigenvalue weighted by atomic mass is 10.1. The Morgan fingerprint density at radius 1 is 1.00 bits per heavy atom. The van der Waals surface area contributed by atoms with Gasteiger partial charge in [0.1, 0.15) is 5.75 Å². The van der Waals surface area contributed by atoms with Gasteiger partial charge in [-0.15, -0.1) is 0 Å². The second-order valence-electron chi connectivity index (χ2n) is 6.79. The molecule has 0 radical (unpaired) electrons. The summed E-state index contributed by atoms with van der Waals surface area (Å²) in [5.41, 5.74) is 2.95.